The summed E-state index contributed by atoms with van der Waals surface area (Å²) in [6, 6.07) is 1.91. The molecule has 2 aromatic heterocycles. The van der Waals surface area contributed by atoms with Crippen LogP contribution >= 0.6 is 11.3 Å². The second kappa shape index (κ2) is 6.14. The topological polar surface area (TPSA) is 80.0 Å². The number of anilines is 1. The van der Waals surface area contributed by atoms with E-state index in [9.17, 15) is 9.18 Å². The third-order valence-electron chi connectivity index (χ3n) is 4.82. The van der Waals surface area contributed by atoms with E-state index in [1.54, 1.807) is 0 Å². The molecule has 1 amide bonds. The molecular formula is C17H19FN4OS. The molecule has 3 heterocycles. The Kier molecular flexibility index (Phi) is 3.97. The van der Waals surface area contributed by atoms with Crippen molar-refractivity contribution in [1.82, 2.24) is 10.3 Å². The summed E-state index contributed by atoms with van der Waals surface area (Å²) in [7, 11) is 0. The second-order valence-electron chi connectivity index (χ2n) is 6.37. The van der Waals surface area contributed by atoms with Gasteiger partial charge in [-0.2, -0.15) is 11.3 Å². The Hall–Kier alpha value is -1.99. The van der Waals surface area contributed by atoms with E-state index in [2.05, 4.69) is 15.6 Å². The van der Waals surface area contributed by atoms with E-state index >= 15 is 0 Å². The number of rotatable bonds is 3. The maximum absolute atomic E-state index is 14.9. The number of nitrogens with one attached hydrogen (secondary N) is 2. The number of fused-ring (bicyclic) bond motifs is 1. The number of thiophene rings is 1. The van der Waals surface area contributed by atoms with Crippen LogP contribution in [-0.2, 0) is 6.54 Å². The lowest BCUT2D eigenvalue weighted by atomic mass is 9.91. The summed E-state index contributed by atoms with van der Waals surface area (Å²) in [5.74, 6) is -0.507. The molecule has 0 bridgehead atoms. The fraction of sp³-hybridized carbons (Fsp3) is 0.412. The van der Waals surface area contributed by atoms with Crippen molar-refractivity contribution in [2.24, 2.45) is 5.73 Å². The zero-order valence-electron chi connectivity index (χ0n) is 13.1. The molecular weight excluding hydrogens is 327 g/mol. The lowest BCUT2D eigenvalue weighted by molar-refractivity contribution is 0.0966. The average molecular weight is 346 g/mol. The zero-order valence-corrected chi connectivity index (χ0v) is 14.0. The van der Waals surface area contributed by atoms with Gasteiger partial charge in [0.1, 0.15) is 0 Å². The van der Waals surface area contributed by atoms with Crippen LogP contribution in [0.3, 0.4) is 0 Å². The van der Waals surface area contributed by atoms with Crippen molar-refractivity contribution in [3.8, 4) is 11.3 Å². The number of aromatic nitrogens is 1. The Bertz CT molecular complexity index is 777. The van der Waals surface area contributed by atoms with Gasteiger partial charge in [-0.3, -0.25) is 4.79 Å². The molecule has 0 radical (unpaired) electrons. The van der Waals surface area contributed by atoms with Crippen LogP contribution in [0.2, 0.25) is 0 Å². The normalized spacial score (nSPS) is 23.0. The Morgan fingerprint density at radius 1 is 1.38 bits per heavy atom. The monoisotopic (exact) mass is 346 g/mol. The number of hydrogen-bond donors (Lipinski definition) is 3. The molecule has 4 rings (SSSR count). The number of halogens is 1. The standard InChI is InChI=1S/C17H19FN4OS/c18-14-10-7-20-17(23)13(10)15(9-5-6-24-8-9)22-16(14)21-12-4-2-1-3-11(12)19/h5-6,8,11-12H,1-4,7,19H2,(H,20,23)(H,21,22). The van der Waals surface area contributed by atoms with Gasteiger partial charge in [0.25, 0.3) is 5.91 Å². The molecule has 5 nitrogen and oxygen atoms in total. The molecule has 1 aliphatic carbocycles. The minimum atomic E-state index is -0.444. The highest BCUT2D eigenvalue weighted by Crippen LogP contribution is 2.34. The van der Waals surface area contributed by atoms with Crippen LogP contribution in [0.25, 0.3) is 11.3 Å². The van der Waals surface area contributed by atoms with Gasteiger partial charge >= 0.3 is 0 Å². The number of pyridine rings is 1. The Balaban J connectivity index is 1.78. The van der Waals surface area contributed by atoms with Crippen LogP contribution < -0.4 is 16.4 Å². The molecule has 7 heteroatoms. The van der Waals surface area contributed by atoms with E-state index in [0.29, 0.717) is 16.8 Å². The summed E-state index contributed by atoms with van der Waals surface area (Å²) in [5, 5.41) is 9.74. The van der Waals surface area contributed by atoms with Crippen molar-refractivity contribution in [3.63, 3.8) is 0 Å². The smallest absolute Gasteiger partial charge is 0.254 e. The predicted molar refractivity (Wildman–Crippen MR) is 92.5 cm³/mol. The van der Waals surface area contributed by atoms with Gasteiger partial charge in [0.05, 0.1) is 11.3 Å². The van der Waals surface area contributed by atoms with Gasteiger partial charge in [0.2, 0.25) is 0 Å². The molecule has 0 aromatic carbocycles. The van der Waals surface area contributed by atoms with Gasteiger partial charge in [0.15, 0.2) is 11.6 Å². The van der Waals surface area contributed by atoms with E-state index in [1.807, 2.05) is 16.8 Å². The number of nitrogens with two attached hydrogens (primary N) is 1. The summed E-state index contributed by atoms with van der Waals surface area (Å²) in [4.78, 5) is 16.6. The van der Waals surface area contributed by atoms with Gasteiger partial charge in [-0.15, -0.1) is 0 Å². The first kappa shape index (κ1) is 15.5. The zero-order chi connectivity index (χ0) is 16.7. The average Bonchev–Trinajstić information content (AvgIpc) is 3.23. The van der Waals surface area contributed by atoms with E-state index in [4.69, 9.17) is 5.73 Å². The van der Waals surface area contributed by atoms with Crippen LogP contribution in [0.5, 0.6) is 0 Å². The summed E-state index contributed by atoms with van der Waals surface area (Å²) < 4.78 is 14.9. The minimum Gasteiger partial charge on any atom is -0.363 e. The SMILES string of the molecule is NC1CCCCC1Nc1nc(-c2ccsc2)c2c(c1F)CNC2=O. The van der Waals surface area contributed by atoms with Crippen LogP contribution in [0.4, 0.5) is 10.2 Å². The third-order valence-corrected chi connectivity index (χ3v) is 5.51. The van der Waals surface area contributed by atoms with Crippen molar-refractivity contribution in [3.05, 3.63) is 33.8 Å². The van der Waals surface area contributed by atoms with E-state index in [1.165, 1.54) is 11.3 Å². The fourth-order valence-corrected chi connectivity index (χ4v) is 4.14. The molecule has 2 aliphatic rings. The Morgan fingerprint density at radius 2 is 2.21 bits per heavy atom. The molecule has 1 saturated carbocycles. The Labute approximate surface area is 143 Å². The van der Waals surface area contributed by atoms with Crippen LogP contribution in [0.15, 0.2) is 16.8 Å². The summed E-state index contributed by atoms with van der Waals surface area (Å²) in [6.07, 6.45) is 4.03. The first-order chi connectivity index (χ1) is 11.6. The highest BCUT2D eigenvalue weighted by Gasteiger charge is 2.31. The van der Waals surface area contributed by atoms with Crippen molar-refractivity contribution in [1.29, 1.82) is 0 Å². The summed E-state index contributed by atoms with van der Waals surface area (Å²) in [6.45, 7) is 0.199. The minimum absolute atomic E-state index is 0.00226. The molecule has 24 heavy (non-hydrogen) atoms. The molecule has 0 saturated heterocycles. The largest absolute Gasteiger partial charge is 0.363 e. The van der Waals surface area contributed by atoms with Crippen molar-refractivity contribution >= 4 is 23.1 Å². The predicted octanol–water partition coefficient (Wildman–Crippen LogP) is 2.87. The molecule has 2 unspecified atom stereocenters. The van der Waals surface area contributed by atoms with E-state index < -0.39 is 5.82 Å². The number of hydrogen-bond acceptors (Lipinski definition) is 5. The highest BCUT2D eigenvalue weighted by atomic mass is 32.1. The van der Waals surface area contributed by atoms with Crippen molar-refractivity contribution in [2.75, 3.05) is 5.32 Å². The van der Waals surface area contributed by atoms with Gasteiger partial charge in [-0.05, 0) is 24.3 Å². The molecule has 1 fully saturated rings. The number of amides is 1. The maximum Gasteiger partial charge on any atom is 0.254 e. The molecule has 126 valence electrons. The van der Waals surface area contributed by atoms with Gasteiger partial charge in [-0.1, -0.05) is 12.8 Å². The van der Waals surface area contributed by atoms with Crippen molar-refractivity contribution in [2.45, 2.75) is 44.3 Å². The van der Waals surface area contributed by atoms with E-state index in [0.717, 1.165) is 31.2 Å². The molecule has 2 atom stereocenters. The van der Waals surface area contributed by atoms with Gasteiger partial charge in [0, 0.05) is 35.1 Å². The Morgan fingerprint density at radius 3 is 2.96 bits per heavy atom. The maximum atomic E-state index is 14.9. The van der Waals surface area contributed by atoms with Crippen LogP contribution in [0.1, 0.15) is 41.6 Å². The highest BCUT2D eigenvalue weighted by molar-refractivity contribution is 7.08. The quantitative estimate of drug-likeness (QED) is 0.798. The van der Waals surface area contributed by atoms with Crippen LogP contribution in [-0.4, -0.2) is 23.0 Å². The molecule has 0 spiro atoms. The summed E-state index contributed by atoms with van der Waals surface area (Å²) in [5.41, 5.74) is 8.28. The fourth-order valence-electron chi connectivity index (χ4n) is 3.50. The van der Waals surface area contributed by atoms with Crippen LogP contribution in [0, 0.1) is 5.82 Å². The third kappa shape index (κ3) is 2.57. The number of carbonyl (C=O) groups is 1. The van der Waals surface area contributed by atoms with Gasteiger partial charge in [-0.25, -0.2) is 9.37 Å². The van der Waals surface area contributed by atoms with E-state index in [-0.39, 0.29) is 30.4 Å². The molecule has 2 aromatic rings. The second-order valence-corrected chi connectivity index (χ2v) is 7.15. The van der Waals surface area contributed by atoms with Gasteiger partial charge < -0.3 is 16.4 Å². The lowest BCUT2D eigenvalue weighted by Gasteiger charge is -2.30. The first-order valence-corrected chi connectivity index (χ1v) is 9.14. The number of carbonyl (C=O) groups excluding carboxylic acids is 1. The molecule has 1 aliphatic heterocycles. The lowest BCUT2D eigenvalue weighted by Crippen LogP contribution is -2.43. The van der Waals surface area contributed by atoms with Crippen molar-refractivity contribution < 1.29 is 9.18 Å². The molecule has 4 N–H and O–H groups in total. The number of nitrogens with zero attached hydrogens (tertiary/aromatic N) is 1. The summed E-state index contributed by atoms with van der Waals surface area (Å²) >= 11 is 1.52. The first-order valence-electron chi connectivity index (χ1n) is 8.20.